The SMILES string of the molecule is CCNC(=NCc1cccnc1N1CCC(C(N)=O)CC1)NCCOCCC(C)C.I. The molecule has 1 amide bonds. The molecule has 1 fully saturated rings. The number of nitrogens with two attached hydrogens (primary N) is 1. The molecule has 176 valence electrons. The van der Waals surface area contributed by atoms with Gasteiger partial charge in [0, 0.05) is 50.5 Å². The first-order valence-electron chi connectivity index (χ1n) is 11.1. The van der Waals surface area contributed by atoms with Crippen LogP contribution in [-0.4, -0.2) is 56.2 Å². The van der Waals surface area contributed by atoms with Gasteiger partial charge in [-0.25, -0.2) is 9.98 Å². The predicted molar refractivity (Wildman–Crippen MR) is 137 cm³/mol. The Balaban J connectivity index is 0.00000480. The van der Waals surface area contributed by atoms with Gasteiger partial charge >= 0.3 is 0 Å². The van der Waals surface area contributed by atoms with Gasteiger partial charge in [-0.3, -0.25) is 4.79 Å². The molecule has 2 rings (SSSR count). The third kappa shape index (κ3) is 10.0. The van der Waals surface area contributed by atoms with E-state index in [0.717, 1.165) is 62.8 Å². The number of carbonyl (C=O) groups is 1. The van der Waals surface area contributed by atoms with Gasteiger partial charge in [0.05, 0.1) is 13.2 Å². The smallest absolute Gasteiger partial charge is 0.220 e. The van der Waals surface area contributed by atoms with Crippen molar-refractivity contribution in [3.8, 4) is 0 Å². The van der Waals surface area contributed by atoms with Crippen LogP contribution in [0.3, 0.4) is 0 Å². The van der Waals surface area contributed by atoms with Crippen molar-refractivity contribution in [3.05, 3.63) is 23.9 Å². The highest BCUT2D eigenvalue weighted by atomic mass is 127. The minimum absolute atomic E-state index is 0. The maximum atomic E-state index is 11.4. The van der Waals surface area contributed by atoms with Crippen molar-refractivity contribution >= 4 is 41.7 Å². The summed E-state index contributed by atoms with van der Waals surface area (Å²) in [6.07, 6.45) is 4.43. The van der Waals surface area contributed by atoms with E-state index in [1.54, 1.807) is 6.20 Å². The van der Waals surface area contributed by atoms with Crippen LogP contribution in [0.25, 0.3) is 0 Å². The fraction of sp³-hybridized carbons (Fsp3) is 0.682. The van der Waals surface area contributed by atoms with Crippen molar-refractivity contribution in [2.75, 3.05) is 44.3 Å². The van der Waals surface area contributed by atoms with Gasteiger partial charge in [0.2, 0.25) is 5.91 Å². The number of primary amides is 1. The second kappa shape index (κ2) is 15.2. The standard InChI is InChI=1S/C22H38N6O2.HI/c1-4-24-22(26-11-15-30-14-9-17(2)3)27-16-19-6-5-10-25-21(19)28-12-7-18(8-13-28)20(23)29;/h5-6,10,17-18H,4,7-9,11-16H2,1-3H3,(H2,23,29)(H2,24,26,27);1H. The lowest BCUT2D eigenvalue weighted by atomic mass is 9.96. The van der Waals surface area contributed by atoms with E-state index in [0.29, 0.717) is 25.6 Å². The molecule has 4 N–H and O–H groups in total. The predicted octanol–water partition coefficient (Wildman–Crippen LogP) is 2.52. The normalized spacial score (nSPS) is 15.0. The number of hydrogen-bond acceptors (Lipinski definition) is 5. The van der Waals surface area contributed by atoms with Gasteiger partial charge in [0.1, 0.15) is 5.82 Å². The minimum Gasteiger partial charge on any atom is -0.380 e. The molecule has 1 aromatic rings. The molecule has 0 aromatic carbocycles. The van der Waals surface area contributed by atoms with Crippen LogP contribution in [-0.2, 0) is 16.1 Å². The summed E-state index contributed by atoms with van der Waals surface area (Å²) in [7, 11) is 0. The molecule has 0 bridgehead atoms. The van der Waals surface area contributed by atoms with Crippen LogP contribution in [0.15, 0.2) is 23.3 Å². The van der Waals surface area contributed by atoms with Crippen LogP contribution in [0.1, 0.15) is 45.6 Å². The quantitative estimate of drug-likeness (QED) is 0.171. The Hall–Kier alpha value is -1.62. The minimum atomic E-state index is -0.199. The lowest BCUT2D eigenvalue weighted by Gasteiger charge is -2.32. The number of guanidine groups is 1. The average Bonchev–Trinajstić information content (AvgIpc) is 2.74. The Bertz CT molecular complexity index is 678. The number of carbonyl (C=O) groups excluding carboxylic acids is 1. The average molecular weight is 546 g/mol. The van der Waals surface area contributed by atoms with E-state index >= 15 is 0 Å². The number of piperidine rings is 1. The molecular formula is C22H39IN6O2. The van der Waals surface area contributed by atoms with Crippen molar-refractivity contribution in [2.24, 2.45) is 22.6 Å². The van der Waals surface area contributed by atoms with E-state index in [1.165, 1.54) is 0 Å². The largest absolute Gasteiger partial charge is 0.380 e. The van der Waals surface area contributed by atoms with Crippen molar-refractivity contribution in [1.29, 1.82) is 0 Å². The highest BCUT2D eigenvalue weighted by Gasteiger charge is 2.24. The van der Waals surface area contributed by atoms with E-state index in [-0.39, 0.29) is 35.8 Å². The second-order valence-electron chi connectivity index (χ2n) is 8.07. The Morgan fingerprint density at radius 3 is 2.71 bits per heavy atom. The van der Waals surface area contributed by atoms with Crippen LogP contribution in [0.4, 0.5) is 5.82 Å². The van der Waals surface area contributed by atoms with Crippen LogP contribution in [0, 0.1) is 11.8 Å². The maximum absolute atomic E-state index is 11.4. The molecule has 0 unspecified atom stereocenters. The molecular weight excluding hydrogens is 507 g/mol. The van der Waals surface area contributed by atoms with E-state index in [9.17, 15) is 4.79 Å². The lowest BCUT2D eigenvalue weighted by Crippen LogP contribution is -2.40. The maximum Gasteiger partial charge on any atom is 0.220 e. The Morgan fingerprint density at radius 1 is 1.32 bits per heavy atom. The zero-order chi connectivity index (χ0) is 21.8. The monoisotopic (exact) mass is 546 g/mol. The Kier molecular flexibility index (Phi) is 13.5. The fourth-order valence-electron chi connectivity index (χ4n) is 3.38. The third-order valence-corrected chi connectivity index (χ3v) is 5.19. The number of aromatic nitrogens is 1. The van der Waals surface area contributed by atoms with E-state index in [2.05, 4.69) is 47.4 Å². The first kappa shape index (κ1) is 27.4. The molecule has 2 heterocycles. The summed E-state index contributed by atoms with van der Waals surface area (Å²) < 4.78 is 5.66. The molecule has 0 radical (unpaired) electrons. The van der Waals surface area contributed by atoms with Crippen LogP contribution in [0.2, 0.25) is 0 Å². The number of rotatable bonds is 11. The number of anilines is 1. The number of hydrogen-bond donors (Lipinski definition) is 3. The Morgan fingerprint density at radius 2 is 2.06 bits per heavy atom. The molecule has 0 saturated carbocycles. The third-order valence-electron chi connectivity index (χ3n) is 5.19. The summed E-state index contributed by atoms with van der Waals surface area (Å²) in [6, 6.07) is 4.00. The molecule has 1 aliphatic heterocycles. The van der Waals surface area contributed by atoms with Gasteiger partial charge in [-0.15, -0.1) is 24.0 Å². The highest BCUT2D eigenvalue weighted by Crippen LogP contribution is 2.24. The van der Waals surface area contributed by atoms with Gasteiger partial charge in [0.15, 0.2) is 5.96 Å². The van der Waals surface area contributed by atoms with Crippen molar-refractivity contribution in [2.45, 2.75) is 46.6 Å². The summed E-state index contributed by atoms with van der Waals surface area (Å²) in [4.78, 5) is 23.0. The molecule has 1 aliphatic rings. The zero-order valence-electron chi connectivity index (χ0n) is 19.1. The van der Waals surface area contributed by atoms with E-state index in [1.807, 2.05) is 6.07 Å². The van der Waals surface area contributed by atoms with Crippen molar-refractivity contribution in [1.82, 2.24) is 15.6 Å². The summed E-state index contributed by atoms with van der Waals surface area (Å²) in [5.74, 6) is 2.14. The second-order valence-corrected chi connectivity index (χ2v) is 8.07. The van der Waals surface area contributed by atoms with Crippen LogP contribution in [0.5, 0.6) is 0 Å². The number of halogens is 1. The molecule has 0 spiro atoms. The van der Waals surface area contributed by atoms with Crippen LogP contribution >= 0.6 is 24.0 Å². The molecule has 0 atom stereocenters. The number of nitrogens with one attached hydrogen (secondary N) is 2. The molecule has 8 nitrogen and oxygen atoms in total. The summed E-state index contributed by atoms with van der Waals surface area (Å²) in [5, 5.41) is 6.60. The molecule has 0 aliphatic carbocycles. The number of amides is 1. The number of aliphatic imine (C=N–C) groups is 1. The van der Waals surface area contributed by atoms with Crippen LogP contribution < -0.4 is 21.3 Å². The number of pyridine rings is 1. The topological polar surface area (TPSA) is 105 Å². The zero-order valence-corrected chi connectivity index (χ0v) is 21.4. The first-order valence-corrected chi connectivity index (χ1v) is 11.1. The highest BCUT2D eigenvalue weighted by molar-refractivity contribution is 14.0. The van der Waals surface area contributed by atoms with E-state index < -0.39 is 0 Å². The van der Waals surface area contributed by atoms with Gasteiger partial charge in [0.25, 0.3) is 0 Å². The van der Waals surface area contributed by atoms with Gasteiger partial charge in [-0.2, -0.15) is 0 Å². The van der Waals surface area contributed by atoms with Gasteiger partial charge < -0.3 is 26.0 Å². The summed E-state index contributed by atoms with van der Waals surface area (Å²) in [6.45, 7) is 11.5. The lowest BCUT2D eigenvalue weighted by molar-refractivity contribution is -0.122. The van der Waals surface area contributed by atoms with Crippen molar-refractivity contribution in [3.63, 3.8) is 0 Å². The van der Waals surface area contributed by atoms with Crippen molar-refractivity contribution < 1.29 is 9.53 Å². The van der Waals surface area contributed by atoms with Gasteiger partial charge in [-0.05, 0) is 38.2 Å². The molecule has 31 heavy (non-hydrogen) atoms. The van der Waals surface area contributed by atoms with E-state index in [4.69, 9.17) is 15.5 Å². The Labute approximate surface area is 203 Å². The summed E-state index contributed by atoms with van der Waals surface area (Å²) >= 11 is 0. The number of ether oxygens (including phenoxy) is 1. The molecule has 1 saturated heterocycles. The molecule has 1 aromatic heterocycles. The summed E-state index contributed by atoms with van der Waals surface area (Å²) in [5.41, 5.74) is 6.53. The fourth-order valence-corrected chi connectivity index (χ4v) is 3.38. The van der Waals surface area contributed by atoms with Gasteiger partial charge in [-0.1, -0.05) is 19.9 Å². The molecule has 9 heteroatoms. The number of nitrogens with zero attached hydrogens (tertiary/aromatic N) is 3. The first-order chi connectivity index (χ1) is 14.5.